The van der Waals surface area contributed by atoms with Crippen molar-refractivity contribution in [3.63, 3.8) is 0 Å². The summed E-state index contributed by atoms with van der Waals surface area (Å²) >= 11 is 0. The summed E-state index contributed by atoms with van der Waals surface area (Å²) in [6.07, 6.45) is 0.890. The van der Waals surface area contributed by atoms with E-state index >= 15 is 0 Å². The fourth-order valence-corrected chi connectivity index (χ4v) is 3.95. The first-order valence-electron chi connectivity index (χ1n) is 8.93. The number of anilines is 1. The molecule has 1 saturated heterocycles. The molecule has 0 saturated carbocycles. The molecule has 0 spiro atoms. The lowest BCUT2D eigenvalue weighted by molar-refractivity contribution is -0.158. The molecule has 1 aliphatic heterocycles. The third-order valence-corrected chi connectivity index (χ3v) is 6.13. The monoisotopic (exact) mass is 411 g/mol. The summed E-state index contributed by atoms with van der Waals surface area (Å²) in [6, 6.07) is 5.58. The fraction of sp³-hybridized carbons (Fsp3) is 0.500. The van der Waals surface area contributed by atoms with Gasteiger partial charge < -0.3 is 15.0 Å². The van der Waals surface area contributed by atoms with E-state index in [2.05, 4.69) is 5.32 Å². The molecule has 0 bridgehead atoms. The molecule has 0 unspecified atom stereocenters. The van der Waals surface area contributed by atoms with Gasteiger partial charge in [0, 0.05) is 32.7 Å². The van der Waals surface area contributed by atoms with Crippen LogP contribution in [0.5, 0.6) is 0 Å². The summed E-state index contributed by atoms with van der Waals surface area (Å²) in [7, 11) is -2.67. The van der Waals surface area contributed by atoms with Gasteiger partial charge >= 0.3 is 5.97 Å². The van der Waals surface area contributed by atoms with Crippen molar-refractivity contribution in [2.45, 2.75) is 37.7 Å². The van der Waals surface area contributed by atoms with Crippen LogP contribution in [-0.2, 0) is 29.1 Å². The van der Waals surface area contributed by atoms with E-state index in [0.29, 0.717) is 18.8 Å². The van der Waals surface area contributed by atoms with E-state index in [4.69, 9.17) is 4.74 Å². The fourth-order valence-electron chi connectivity index (χ4n) is 2.84. The highest BCUT2D eigenvalue weighted by Crippen LogP contribution is 2.18. The predicted octanol–water partition coefficient (Wildman–Crippen LogP) is 0.820. The second-order valence-corrected chi connectivity index (χ2v) is 8.68. The SMILES string of the molecule is CC(=O)Nc1ccc(S(=O)(=O)N(C)CC(=O)O[C@H](C)C(=O)N2CCCC2)cc1. The third kappa shape index (κ3) is 5.52. The number of rotatable bonds is 7. The molecular formula is C18H25N3O6S. The Morgan fingerprint density at radius 1 is 1.18 bits per heavy atom. The van der Waals surface area contributed by atoms with Crippen molar-refractivity contribution in [1.29, 1.82) is 0 Å². The Bertz CT molecular complexity index is 831. The van der Waals surface area contributed by atoms with Gasteiger partial charge in [-0.15, -0.1) is 0 Å². The van der Waals surface area contributed by atoms with Crippen LogP contribution in [0.4, 0.5) is 5.69 Å². The van der Waals surface area contributed by atoms with Crippen molar-refractivity contribution in [1.82, 2.24) is 9.21 Å². The first-order chi connectivity index (χ1) is 13.1. The Balaban J connectivity index is 1.96. The number of likely N-dealkylation sites (N-methyl/N-ethyl adjacent to an activating group) is 1. The smallest absolute Gasteiger partial charge is 0.322 e. The third-order valence-electron chi connectivity index (χ3n) is 4.31. The first kappa shape index (κ1) is 21.8. The van der Waals surface area contributed by atoms with Gasteiger partial charge in [-0.3, -0.25) is 14.4 Å². The maximum Gasteiger partial charge on any atom is 0.322 e. The van der Waals surface area contributed by atoms with Gasteiger partial charge in [0.2, 0.25) is 15.9 Å². The lowest BCUT2D eigenvalue weighted by atomic mass is 10.3. The summed E-state index contributed by atoms with van der Waals surface area (Å²) in [5.41, 5.74) is 0.461. The number of hydrogen-bond acceptors (Lipinski definition) is 6. The van der Waals surface area contributed by atoms with Crippen LogP contribution in [0.3, 0.4) is 0 Å². The second kappa shape index (κ2) is 9.16. The van der Waals surface area contributed by atoms with Crippen LogP contribution in [0.15, 0.2) is 29.2 Å². The number of nitrogens with zero attached hydrogens (tertiary/aromatic N) is 2. The molecule has 1 fully saturated rings. The molecule has 154 valence electrons. The topological polar surface area (TPSA) is 113 Å². The average molecular weight is 411 g/mol. The normalized spacial score (nSPS) is 15.4. The number of esters is 1. The lowest BCUT2D eigenvalue weighted by Crippen LogP contribution is -2.40. The molecule has 1 heterocycles. The van der Waals surface area contributed by atoms with Crippen LogP contribution in [0.2, 0.25) is 0 Å². The molecule has 9 nitrogen and oxygen atoms in total. The van der Waals surface area contributed by atoms with Gasteiger partial charge in [-0.25, -0.2) is 8.42 Å². The van der Waals surface area contributed by atoms with Crippen molar-refractivity contribution >= 4 is 33.5 Å². The summed E-state index contributed by atoms with van der Waals surface area (Å²) in [4.78, 5) is 36.9. The quantitative estimate of drug-likeness (QED) is 0.665. The summed E-state index contributed by atoms with van der Waals surface area (Å²) < 4.78 is 31.1. The molecule has 0 aromatic heterocycles. The number of carbonyl (C=O) groups is 3. The zero-order valence-corrected chi connectivity index (χ0v) is 17.0. The van der Waals surface area contributed by atoms with Gasteiger partial charge in [0.1, 0.15) is 6.54 Å². The number of ether oxygens (including phenoxy) is 1. The molecule has 1 aromatic rings. The standard InChI is InChI=1S/C18H25N3O6S/c1-13(18(24)21-10-4-5-11-21)27-17(23)12-20(3)28(25,26)16-8-6-15(7-9-16)19-14(2)22/h6-9,13H,4-5,10-12H2,1-3H3,(H,19,22)/t13-/m1/s1. The van der Waals surface area contributed by atoms with Crippen LogP contribution < -0.4 is 5.32 Å². The molecular weight excluding hydrogens is 386 g/mol. The highest BCUT2D eigenvalue weighted by Gasteiger charge is 2.28. The van der Waals surface area contributed by atoms with Crippen molar-refractivity contribution in [2.75, 3.05) is 32.0 Å². The highest BCUT2D eigenvalue weighted by molar-refractivity contribution is 7.89. The molecule has 1 N–H and O–H groups in total. The minimum atomic E-state index is -3.93. The van der Waals surface area contributed by atoms with Crippen molar-refractivity contribution in [3.05, 3.63) is 24.3 Å². The number of nitrogens with one attached hydrogen (secondary N) is 1. The van der Waals surface area contributed by atoms with Gasteiger partial charge in [0.25, 0.3) is 5.91 Å². The van der Waals surface area contributed by atoms with Crippen LogP contribution in [-0.4, -0.2) is 68.2 Å². The van der Waals surface area contributed by atoms with Crippen LogP contribution >= 0.6 is 0 Å². The molecule has 10 heteroatoms. The second-order valence-electron chi connectivity index (χ2n) is 6.63. The van der Waals surface area contributed by atoms with Gasteiger partial charge in [0.15, 0.2) is 6.10 Å². The minimum absolute atomic E-state index is 0.0295. The Labute approximate surface area is 164 Å². The molecule has 1 atom stereocenters. The average Bonchev–Trinajstić information content (AvgIpc) is 3.15. The Hall–Kier alpha value is -2.46. The van der Waals surface area contributed by atoms with E-state index in [0.717, 1.165) is 17.1 Å². The number of amides is 2. The zero-order valence-electron chi connectivity index (χ0n) is 16.2. The Kier molecular flexibility index (Phi) is 7.14. The van der Waals surface area contributed by atoms with Crippen LogP contribution in [0, 0.1) is 0 Å². The van der Waals surface area contributed by atoms with Crippen LogP contribution in [0.25, 0.3) is 0 Å². The molecule has 0 aliphatic carbocycles. The molecule has 28 heavy (non-hydrogen) atoms. The van der Waals surface area contributed by atoms with Crippen molar-refractivity contribution in [2.24, 2.45) is 0 Å². The maximum absolute atomic E-state index is 12.6. The summed E-state index contributed by atoms with van der Waals surface area (Å²) in [5, 5.41) is 2.54. The number of carbonyl (C=O) groups excluding carboxylic acids is 3. The van der Waals surface area contributed by atoms with Gasteiger partial charge in [-0.2, -0.15) is 4.31 Å². The predicted molar refractivity (Wildman–Crippen MR) is 102 cm³/mol. The molecule has 1 aromatic carbocycles. The van der Waals surface area contributed by atoms with Crippen molar-refractivity contribution in [3.8, 4) is 0 Å². The molecule has 2 amide bonds. The molecule has 2 rings (SSSR count). The molecule has 0 radical (unpaired) electrons. The minimum Gasteiger partial charge on any atom is -0.452 e. The number of sulfonamides is 1. The van der Waals surface area contributed by atoms with Crippen molar-refractivity contribution < 1.29 is 27.5 Å². The van der Waals surface area contributed by atoms with E-state index in [1.165, 1.54) is 45.2 Å². The Morgan fingerprint density at radius 3 is 2.29 bits per heavy atom. The van der Waals surface area contributed by atoms with E-state index in [-0.39, 0.29) is 16.7 Å². The molecule has 1 aliphatic rings. The number of hydrogen-bond donors (Lipinski definition) is 1. The number of likely N-dealkylation sites (tertiary alicyclic amines) is 1. The Morgan fingerprint density at radius 2 is 1.75 bits per heavy atom. The lowest BCUT2D eigenvalue weighted by Gasteiger charge is -2.22. The van der Waals surface area contributed by atoms with E-state index in [9.17, 15) is 22.8 Å². The largest absolute Gasteiger partial charge is 0.452 e. The first-order valence-corrected chi connectivity index (χ1v) is 10.4. The van der Waals surface area contributed by atoms with Gasteiger partial charge in [0.05, 0.1) is 4.90 Å². The summed E-state index contributed by atoms with van der Waals surface area (Å²) in [6.45, 7) is 3.59. The van der Waals surface area contributed by atoms with E-state index < -0.39 is 28.6 Å². The van der Waals surface area contributed by atoms with Gasteiger partial charge in [-0.05, 0) is 44.0 Å². The highest BCUT2D eigenvalue weighted by atomic mass is 32.2. The van der Waals surface area contributed by atoms with Gasteiger partial charge in [-0.1, -0.05) is 0 Å². The van der Waals surface area contributed by atoms with Crippen LogP contribution in [0.1, 0.15) is 26.7 Å². The van der Waals surface area contributed by atoms with E-state index in [1.807, 2.05) is 0 Å². The number of benzene rings is 1. The van der Waals surface area contributed by atoms with E-state index in [1.54, 1.807) is 4.90 Å². The summed E-state index contributed by atoms with van der Waals surface area (Å²) in [5.74, 6) is -1.35. The zero-order chi connectivity index (χ0) is 20.9. The maximum atomic E-state index is 12.6.